The molecule has 0 spiro atoms. The molecule has 5 aliphatic heterocycles. The first-order chi connectivity index (χ1) is 12.6. The molecule has 0 aliphatic carbocycles. The summed E-state index contributed by atoms with van der Waals surface area (Å²) in [7, 11) is 0. The summed E-state index contributed by atoms with van der Waals surface area (Å²) in [6, 6.07) is 0. The van der Waals surface area contributed by atoms with Gasteiger partial charge in [0.1, 0.15) is 0 Å². The minimum atomic E-state index is -0.290. The van der Waals surface area contributed by atoms with Gasteiger partial charge in [-0.2, -0.15) is 0 Å². The van der Waals surface area contributed by atoms with Crippen molar-refractivity contribution in [3.05, 3.63) is 0 Å². The zero-order valence-electron chi connectivity index (χ0n) is 15.5. The fraction of sp³-hybridized carbons (Fsp3) is 0.842. The Morgan fingerprint density at radius 2 is 1.52 bits per heavy atom. The van der Waals surface area contributed by atoms with Crippen molar-refractivity contribution in [3.8, 4) is 0 Å². The summed E-state index contributed by atoms with van der Waals surface area (Å²) < 4.78 is 5.75. The number of carbonyl (C=O) groups excluding carboxylic acids is 3. The van der Waals surface area contributed by atoms with E-state index in [-0.39, 0.29) is 67.1 Å². The Morgan fingerprint density at radius 1 is 0.963 bits per heavy atom. The fourth-order valence-electron chi connectivity index (χ4n) is 5.83. The van der Waals surface area contributed by atoms with Crippen LogP contribution in [0.15, 0.2) is 0 Å². The van der Waals surface area contributed by atoms with Crippen LogP contribution in [0.3, 0.4) is 0 Å². The Bertz CT molecular complexity index is 602. The number of halogens is 1. The molecule has 6 atom stereocenters. The highest BCUT2D eigenvalue weighted by molar-refractivity contribution is 6.06. The lowest BCUT2D eigenvalue weighted by atomic mass is 9.81. The Morgan fingerprint density at radius 3 is 2.07 bits per heavy atom. The van der Waals surface area contributed by atoms with E-state index >= 15 is 0 Å². The summed E-state index contributed by atoms with van der Waals surface area (Å²) in [4.78, 5) is 41.3. The van der Waals surface area contributed by atoms with Crippen LogP contribution < -0.4 is 5.32 Å². The van der Waals surface area contributed by atoms with Crippen molar-refractivity contribution in [3.63, 3.8) is 0 Å². The molecular formula is C19H28ClN3O4. The highest BCUT2D eigenvalue weighted by Gasteiger charge is 2.62. The molecular weight excluding hydrogens is 370 g/mol. The molecule has 3 amide bonds. The van der Waals surface area contributed by atoms with Crippen LogP contribution in [0.2, 0.25) is 0 Å². The zero-order chi connectivity index (χ0) is 17.8. The number of amides is 3. The van der Waals surface area contributed by atoms with E-state index in [1.54, 1.807) is 0 Å². The third-order valence-electron chi connectivity index (χ3n) is 7.30. The van der Waals surface area contributed by atoms with Crippen molar-refractivity contribution >= 4 is 30.1 Å². The van der Waals surface area contributed by atoms with Gasteiger partial charge in [-0.1, -0.05) is 0 Å². The van der Waals surface area contributed by atoms with Crippen molar-refractivity contribution in [2.45, 2.75) is 44.3 Å². The molecule has 0 aromatic rings. The summed E-state index contributed by atoms with van der Waals surface area (Å²) >= 11 is 0. The van der Waals surface area contributed by atoms with Crippen LogP contribution in [0.25, 0.3) is 0 Å². The quantitative estimate of drug-likeness (QED) is 0.698. The van der Waals surface area contributed by atoms with Gasteiger partial charge in [0.05, 0.1) is 24.0 Å². The molecule has 5 heterocycles. The number of imide groups is 1. The standard InChI is InChI=1S/C19H27N3O4.ClH/c23-15(21-6-3-11-9-20-10-12(11)4-7-21)5-8-22-18(24)16-13-1-2-14(26-13)17(16)19(22)25;/h11-14,16-17,20H,1-10H2;1H/t11-,12+,13?,14?,16?,17?;. The molecule has 4 unspecified atom stereocenters. The predicted molar refractivity (Wildman–Crippen MR) is 99.1 cm³/mol. The molecule has 0 saturated carbocycles. The lowest BCUT2D eigenvalue weighted by Gasteiger charge is -2.23. The van der Waals surface area contributed by atoms with Crippen LogP contribution in [0.1, 0.15) is 32.1 Å². The first kappa shape index (κ1) is 19.2. The van der Waals surface area contributed by atoms with E-state index in [2.05, 4.69) is 5.32 Å². The van der Waals surface area contributed by atoms with E-state index in [4.69, 9.17) is 4.74 Å². The molecule has 27 heavy (non-hydrogen) atoms. The third kappa shape index (κ3) is 3.08. The summed E-state index contributed by atoms with van der Waals surface area (Å²) in [6.45, 7) is 3.96. The van der Waals surface area contributed by atoms with Crippen LogP contribution in [0, 0.1) is 23.7 Å². The van der Waals surface area contributed by atoms with Gasteiger partial charge in [-0.05, 0) is 50.6 Å². The van der Waals surface area contributed by atoms with E-state index in [9.17, 15) is 14.4 Å². The van der Waals surface area contributed by atoms with E-state index in [0.717, 1.165) is 51.9 Å². The number of carbonyl (C=O) groups is 3. The summed E-state index contributed by atoms with van der Waals surface area (Å²) in [5.41, 5.74) is 0. The second-order valence-corrected chi connectivity index (χ2v) is 8.56. The maximum absolute atomic E-state index is 12.7. The predicted octanol–water partition coefficient (Wildman–Crippen LogP) is 0.419. The molecule has 5 rings (SSSR count). The molecule has 1 N–H and O–H groups in total. The first-order valence-corrected chi connectivity index (χ1v) is 10.1. The number of rotatable bonds is 3. The summed E-state index contributed by atoms with van der Waals surface area (Å²) in [6.07, 6.45) is 3.94. The Labute approximate surface area is 165 Å². The van der Waals surface area contributed by atoms with E-state index < -0.39 is 0 Å². The minimum Gasteiger partial charge on any atom is -0.373 e. The van der Waals surface area contributed by atoms with Crippen molar-refractivity contribution in [1.29, 1.82) is 0 Å². The molecule has 150 valence electrons. The number of hydrogen-bond acceptors (Lipinski definition) is 5. The van der Waals surface area contributed by atoms with E-state index in [0.29, 0.717) is 11.8 Å². The van der Waals surface area contributed by atoms with Crippen molar-refractivity contribution in [2.24, 2.45) is 23.7 Å². The minimum absolute atomic E-state index is 0. The maximum atomic E-state index is 12.7. The van der Waals surface area contributed by atoms with Gasteiger partial charge in [-0.15, -0.1) is 12.4 Å². The molecule has 5 saturated heterocycles. The highest BCUT2D eigenvalue weighted by atomic mass is 35.5. The third-order valence-corrected chi connectivity index (χ3v) is 7.30. The highest BCUT2D eigenvalue weighted by Crippen LogP contribution is 2.48. The van der Waals surface area contributed by atoms with Gasteiger partial charge in [0.25, 0.3) is 0 Å². The fourth-order valence-corrected chi connectivity index (χ4v) is 5.83. The van der Waals surface area contributed by atoms with Crippen molar-refractivity contribution in [2.75, 3.05) is 32.7 Å². The maximum Gasteiger partial charge on any atom is 0.235 e. The Hall–Kier alpha value is -1.18. The second-order valence-electron chi connectivity index (χ2n) is 8.56. The molecule has 2 bridgehead atoms. The normalized spacial score (nSPS) is 40.0. The largest absolute Gasteiger partial charge is 0.373 e. The van der Waals surface area contributed by atoms with Crippen LogP contribution >= 0.6 is 12.4 Å². The first-order valence-electron chi connectivity index (χ1n) is 10.1. The monoisotopic (exact) mass is 397 g/mol. The molecule has 5 aliphatic rings. The number of fused-ring (bicyclic) bond motifs is 6. The number of nitrogens with zero attached hydrogens (tertiary/aromatic N) is 2. The number of nitrogens with one attached hydrogen (secondary N) is 1. The SMILES string of the molecule is Cl.O=C(CCN1C(=O)C2C3CCC(O3)C2C1=O)N1CC[C@@H]2CNC[C@@H]2CC1. The summed E-state index contributed by atoms with van der Waals surface area (Å²) in [5, 5.41) is 3.44. The summed E-state index contributed by atoms with van der Waals surface area (Å²) in [5.74, 6) is 0.638. The van der Waals surface area contributed by atoms with E-state index in [1.165, 1.54) is 4.90 Å². The van der Waals surface area contributed by atoms with Crippen LogP contribution in [-0.2, 0) is 19.1 Å². The molecule has 0 radical (unpaired) electrons. The number of hydrogen-bond donors (Lipinski definition) is 1. The smallest absolute Gasteiger partial charge is 0.235 e. The van der Waals surface area contributed by atoms with Crippen molar-refractivity contribution < 1.29 is 19.1 Å². The van der Waals surface area contributed by atoms with Gasteiger partial charge >= 0.3 is 0 Å². The van der Waals surface area contributed by atoms with Gasteiger partial charge in [0, 0.05) is 26.1 Å². The van der Waals surface area contributed by atoms with Gasteiger partial charge in [0.2, 0.25) is 17.7 Å². The topological polar surface area (TPSA) is 79.0 Å². The van der Waals surface area contributed by atoms with Gasteiger partial charge in [-0.3, -0.25) is 19.3 Å². The molecule has 0 aromatic heterocycles. The average Bonchev–Trinajstić information content (AvgIpc) is 3.38. The molecule has 5 fully saturated rings. The van der Waals surface area contributed by atoms with Gasteiger partial charge in [0.15, 0.2) is 0 Å². The molecule has 0 aromatic carbocycles. The number of likely N-dealkylation sites (tertiary alicyclic amines) is 2. The molecule has 8 heteroatoms. The Kier molecular flexibility index (Phi) is 5.20. The van der Waals surface area contributed by atoms with Gasteiger partial charge < -0.3 is 15.0 Å². The lowest BCUT2D eigenvalue weighted by molar-refractivity contribution is -0.143. The lowest BCUT2D eigenvalue weighted by Crippen LogP contribution is -2.39. The molecule has 7 nitrogen and oxygen atoms in total. The number of ether oxygens (including phenoxy) is 1. The van der Waals surface area contributed by atoms with Crippen molar-refractivity contribution in [1.82, 2.24) is 15.1 Å². The van der Waals surface area contributed by atoms with Gasteiger partial charge in [-0.25, -0.2) is 0 Å². The zero-order valence-corrected chi connectivity index (χ0v) is 16.3. The second kappa shape index (κ2) is 7.33. The Balaban J connectivity index is 0.00000180. The van der Waals surface area contributed by atoms with Crippen LogP contribution in [0.5, 0.6) is 0 Å². The van der Waals surface area contributed by atoms with Crippen LogP contribution in [-0.4, -0.2) is 72.5 Å². The van der Waals surface area contributed by atoms with Crippen LogP contribution in [0.4, 0.5) is 0 Å². The average molecular weight is 398 g/mol. The van der Waals surface area contributed by atoms with E-state index in [1.807, 2.05) is 4.90 Å².